The van der Waals surface area contributed by atoms with Crippen molar-refractivity contribution in [2.75, 3.05) is 6.61 Å². The third-order valence-corrected chi connectivity index (χ3v) is 2.75. The molecule has 2 atom stereocenters. The van der Waals surface area contributed by atoms with Gasteiger partial charge in [0.05, 0.1) is 5.69 Å². The molecule has 0 aromatic carbocycles. The van der Waals surface area contributed by atoms with Crippen molar-refractivity contribution in [3.05, 3.63) is 17.5 Å². The average molecular weight is 211 g/mol. The van der Waals surface area contributed by atoms with Crippen molar-refractivity contribution < 1.29 is 5.11 Å². The molecular formula is C11H21N3O. The van der Waals surface area contributed by atoms with Crippen molar-refractivity contribution in [3.8, 4) is 0 Å². The number of aliphatic hydroxyl groups excluding tert-OH is 1. The van der Waals surface area contributed by atoms with Crippen LogP contribution in [0.15, 0.2) is 6.20 Å². The van der Waals surface area contributed by atoms with E-state index in [0.717, 1.165) is 12.1 Å². The fourth-order valence-corrected chi connectivity index (χ4v) is 1.98. The molecule has 0 spiro atoms. The zero-order valence-electron chi connectivity index (χ0n) is 9.77. The van der Waals surface area contributed by atoms with Crippen LogP contribution in [0.4, 0.5) is 0 Å². The number of aliphatic hydroxyl groups is 1. The minimum Gasteiger partial charge on any atom is -0.396 e. The molecule has 0 aliphatic carbocycles. The van der Waals surface area contributed by atoms with Crippen LogP contribution in [0.25, 0.3) is 0 Å². The van der Waals surface area contributed by atoms with Crippen molar-refractivity contribution in [1.29, 1.82) is 0 Å². The molecule has 1 aromatic rings. The summed E-state index contributed by atoms with van der Waals surface area (Å²) in [6.45, 7) is 4.24. The Morgan fingerprint density at radius 3 is 2.73 bits per heavy atom. The SMILES string of the molecule is CCc1nn(C)cc1C(CCO)C(C)N. The highest BCUT2D eigenvalue weighted by atomic mass is 16.3. The number of hydrogen-bond donors (Lipinski definition) is 2. The van der Waals surface area contributed by atoms with Crippen LogP contribution in [0.2, 0.25) is 0 Å². The van der Waals surface area contributed by atoms with Gasteiger partial charge in [-0.3, -0.25) is 4.68 Å². The summed E-state index contributed by atoms with van der Waals surface area (Å²) >= 11 is 0. The Balaban J connectivity index is 2.98. The summed E-state index contributed by atoms with van der Waals surface area (Å²) in [4.78, 5) is 0. The molecule has 4 nitrogen and oxygen atoms in total. The minimum absolute atomic E-state index is 0.0478. The molecule has 1 aromatic heterocycles. The Kier molecular flexibility index (Phi) is 4.29. The van der Waals surface area contributed by atoms with Crippen molar-refractivity contribution in [1.82, 2.24) is 9.78 Å². The minimum atomic E-state index is 0.0478. The van der Waals surface area contributed by atoms with Gasteiger partial charge in [-0.15, -0.1) is 0 Å². The zero-order valence-corrected chi connectivity index (χ0v) is 9.77. The fraction of sp³-hybridized carbons (Fsp3) is 0.727. The monoisotopic (exact) mass is 211 g/mol. The van der Waals surface area contributed by atoms with E-state index in [-0.39, 0.29) is 18.6 Å². The summed E-state index contributed by atoms with van der Waals surface area (Å²) in [7, 11) is 1.92. The van der Waals surface area contributed by atoms with Crippen molar-refractivity contribution in [2.24, 2.45) is 12.8 Å². The first-order chi connectivity index (χ1) is 7.10. The van der Waals surface area contributed by atoms with E-state index in [1.54, 1.807) is 0 Å². The van der Waals surface area contributed by atoms with Crippen molar-refractivity contribution in [2.45, 2.75) is 38.6 Å². The summed E-state index contributed by atoms with van der Waals surface area (Å²) in [5.41, 5.74) is 8.21. The van der Waals surface area contributed by atoms with Gasteiger partial charge in [0.1, 0.15) is 0 Å². The van der Waals surface area contributed by atoms with Crippen LogP contribution in [0.3, 0.4) is 0 Å². The first kappa shape index (κ1) is 12.2. The molecule has 1 heterocycles. The van der Waals surface area contributed by atoms with Crippen LogP contribution in [-0.4, -0.2) is 27.5 Å². The van der Waals surface area contributed by atoms with E-state index >= 15 is 0 Å². The smallest absolute Gasteiger partial charge is 0.0657 e. The van der Waals surface area contributed by atoms with Gasteiger partial charge in [0.25, 0.3) is 0 Å². The highest BCUT2D eigenvalue weighted by molar-refractivity contribution is 5.23. The Morgan fingerprint density at radius 1 is 1.60 bits per heavy atom. The first-order valence-electron chi connectivity index (χ1n) is 5.49. The van der Waals surface area contributed by atoms with E-state index in [0.29, 0.717) is 6.42 Å². The van der Waals surface area contributed by atoms with Gasteiger partial charge < -0.3 is 10.8 Å². The van der Waals surface area contributed by atoms with E-state index in [1.165, 1.54) is 5.56 Å². The molecule has 0 amide bonds. The second kappa shape index (κ2) is 5.28. The number of aryl methyl sites for hydroxylation is 2. The largest absolute Gasteiger partial charge is 0.396 e. The molecule has 2 unspecified atom stereocenters. The number of nitrogens with zero attached hydrogens (tertiary/aromatic N) is 2. The second-order valence-electron chi connectivity index (χ2n) is 4.04. The molecular weight excluding hydrogens is 190 g/mol. The number of hydrogen-bond acceptors (Lipinski definition) is 3. The summed E-state index contributed by atoms with van der Waals surface area (Å²) in [6.07, 6.45) is 3.63. The van der Waals surface area contributed by atoms with Gasteiger partial charge in [0.2, 0.25) is 0 Å². The van der Waals surface area contributed by atoms with Crippen molar-refractivity contribution >= 4 is 0 Å². The van der Waals surface area contributed by atoms with Crippen LogP contribution in [0, 0.1) is 0 Å². The summed E-state index contributed by atoms with van der Waals surface area (Å²) in [6, 6.07) is 0.0478. The van der Waals surface area contributed by atoms with Crippen molar-refractivity contribution in [3.63, 3.8) is 0 Å². The lowest BCUT2D eigenvalue weighted by Gasteiger charge is -2.19. The predicted octanol–water partition coefficient (Wildman–Crippen LogP) is 0.796. The van der Waals surface area contributed by atoms with E-state index in [4.69, 9.17) is 10.8 Å². The molecule has 0 aliphatic rings. The van der Waals surface area contributed by atoms with Gasteiger partial charge >= 0.3 is 0 Å². The molecule has 3 N–H and O–H groups in total. The van der Waals surface area contributed by atoms with Crippen LogP contribution in [-0.2, 0) is 13.5 Å². The highest BCUT2D eigenvalue weighted by Gasteiger charge is 2.20. The van der Waals surface area contributed by atoms with Gasteiger partial charge in [-0.05, 0) is 25.3 Å². The molecule has 1 rings (SSSR count). The average Bonchev–Trinajstić information content (AvgIpc) is 2.55. The quantitative estimate of drug-likeness (QED) is 0.757. The molecule has 86 valence electrons. The van der Waals surface area contributed by atoms with E-state index < -0.39 is 0 Å². The van der Waals surface area contributed by atoms with Gasteiger partial charge in [0.15, 0.2) is 0 Å². The zero-order chi connectivity index (χ0) is 11.4. The molecule has 0 radical (unpaired) electrons. The molecule has 0 fully saturated rings. The maximum Gasteiger partial charge on any atom is 0.0657 e. The lowest BCUT2D eigenvalue weighted by molar-refractivity contribution is 0.268. The molecule has 0 saturated carbocycles. The normalized spacial score (nSPS) is 15.3. The summed E-state index contributed by atoms with van der Waals surface area (Å²) in [5.74, 6) is 0.207. The molecule has 15 heavy (non-hydrogen) atoms. The second-order valence-corrected chi connectivity index (χ2v) is 4.04. The predicted molar refractivity (Wildman–Crippen MR) is 60.7 cm³/mol. The molecule has 0 aliphatic heterocycles. The van der Waals surface area contributed by atoms with Crippen LogP contribution < -0.4 is 5.73 Å². The lowest BCUT2D eigenvalue weighted by Crippen LogP contribution is -2.26. The standard InChI is InChI=1S/C11H21N3O/c1-4-11-10(7-14(3)13-11)9(5-6-15)8(2)12/h7-9,15H,4-6,12H2,1-3H3. The van der Waals surface area contributed by atoms with Gasteiger partial charge in [-0.25, -0.2) is 0 Å². The number of nitrogens with two attached hydrogens (primary N) is 1. The van der Waals surface area contributed by atoms with Gasteiger partial charge in [-0.1, -0.05) is 6.92 Å². The first-order valence-corrected chi connectivity index (χ1v) is 5.49. The Morgan fingerprint density at radius 2 is 2.27 bits per heavy atom. The maximum atomic E-state index is 9.03. The maximum absolute atomic E-state index is 9.03. The number of aromatic nitrogens is 2. The molecule has 0 saturated heterocycles. The lowest BCUT2D eigenvalue weighted by atomic mass is 9.90. The van der Waals surface area contributed by atoms with Crippen LogP contribution in [0.5, 0.6) is 0 Å². The topological polar surface area (TPSA) is 64.1 Å². The Hall–Kier alpha value is -0.870. The molecule has 4 heteroatoms. The summed E-state index contributed by atoms with van der Waals surface area (Å²) < 4.78 is 1.82. The Labute approximate surface area is 91.1 Å². The Bertz CT molecular complexity index is 307. The third kappa shape index (κ3) is 2.79. The summed E-state index contributed by atoms with van der Waals surface area (Å²) in [5, 5.41) is 13.4. The van der Waals surface area contributed by atoms with Gasteiger partial charge in [-0.2, -0.15) is 5.10 Å². The van der Waals surface area contributed by atoms with E-state index in [2.05, 4.69) is 12.0 Å². The number of rotatable bonds is 5. The third-order valence-electron chi connectivity index (χ3n) is 2.75. The molecule has 0 bridgehead atoms. The van der Waals surface area contributed by atoms with E-state index in [1.807, 2.05) is 24.9 Å². The van der Waals surface area contributed by atoms with Crippen LogP contribution in [0.1, 0.15) is 37.4 Å². The van der Waals surface area contributed by atoms with Crippen LogP contribution >= 0.6 is 0 Å². The highest BCUT2D eigenvalue weighted by Crippen LogP contribution is 2.25. The fourth-order valence-electron chi connectivity index (χ4n) is 1.98. The van der Waals surface area contributed by atoms with E-state index in [9.17, 15) is 0 Å². The van der Waals surface area contributed by atoms with Gasteiger partial charge in [0, 0.05) is 31.8 Å².